The molecule has 0 bridgehead atoms. The number of nitrogens with one attached hydrogen (secondary N) is 1. The molecule has 0 saturated heterocycles. The predicted molar refractivity (Wildman–Crippen MR) is 116 cm³/mol. The van der Waals surface area contributed by atoms with Crippen molar-refractivity contribution < 1.29 is 18.7 Å². The van der Waals surface area contributed by atoms with Crippen LogP contribution in [-0.4, -0.2) is 35.9 Å². The number of hydrogen-bond acceptors (Lipinski definition) is 3. The van der Waals surface area contributed by atoms with Crippen LogP contribution in [0.4, 0.5) is 4.39 Å². The van der Waals surface area contributed by atoms with E-state index in [1.165, 1.54) is 17.0 Å². The van der Waals surface area contributed by atoms with Gasteiger partial charge < -0.3 is 15.0 Å². The molecule has 1 atom stereocenters. The average molecular weight is 415 g/mol. The van der Waals surface area contributed by atoms with Gasteiger partial charge in [0.15, 0.2) is 6.61 Å². The van der Waals surface area contributed by atoms with Gasteiger partial charge in [-0.15, -0.1) is 0 Å². The molecule has 6 heteroatoms. The first-order chi connectivity index (χ1) is 14.4. The second-order valence-corrected chi connectivity index (χ2v) is 7.32. The summed E-state index contributed by atoms with van der Waals surface area (Å²) < 4.78 is 19.0. The predicted octanol–water partition coefficient (Wildman–Crippen LogP) is 4.24. The van der Waals surface area contributed by atoms with E-state index in [9.17, 15) is 14.0 Å². The number of amides is 2. The largest absolute Gasteiger partial charge is 0.484 e. The van der Waals surface area contributed by atoms with E-state index in [0.29, 0.717) is 18.7 Å². The lowest BCUT2D eigenvalue weighted by Gasteiger charge is -2.30. The van der Waals surface area contributed by atoms with E-state index in [2.05, 4.69) is 12.2 Å². The highest BCUT2D eigenvalue weighted by molar-refractivity contribution is 5.88. The van der Waals surface area contributed by atoms with Crippen LogP contribution < -0.4 is 10.1 Å². The van der Waals surface area contributed by atoms with Crippen molar-refractivity contribution in [3.05, 3.63) is 65.5 Å². The van der Waals surface area contributed by atoms with Crippen molar-refractivity contribution in [3.63, 3.8) is 0 Å². The van der Waals surface area contributed by atoms with Crippen LogP contribution in [0.25, 0.3) is 0 Å². The minimum atomic E-state index is -0.625. The summed E-state index contributed by atoms with van der Waals surface area (Å²) in [5, 5.41) is 2.91. The summed E-state index contributed by atoms with van der Waals surface area (Å²) >= 11 is 0. The highest BCUT2D eigenvalue weighted by atomic mass is 19.1. The van der Waals surface area contributed by atoms with Crippen LogP contribution in [0, 0.1) is 12.7 Å². The Hall–Kier alpha value is -2.89. The third-order valence-corrected chi connectivity index (χ3v) is 4.83. The fourth-order valence-electron chi connectivity index (χ4n) is 3.15. The Morgan fingerprint density at radius 3 is 2.50 bits per heavy atom. The van der Waals surface area contributed by atoms with Crippen molar-refractivity contribution in [2.24, 2.45) is 0 Å². The molecule has 0 spiro atoms. The topological polar surface area (TPSA) is 58.6 Å². The van der Waals surface area contributed by atoms with E-state index in [-0.39, 0.29) is 30.8 Å². The van der Waals surface area contributed by atoms with Crippen LogP contribution in [0.15, 0.2) is 48.5 Å². The van der Waals surface area contributed by atoms with Crippen molar-refractivity contribution >= 4 is 11.8 Å². The molecule has 0 aliphatic heterocycles. The van der Waals surface area contributed by atoms with E-state index < -0.39 is 6.04 Å². The smallest absolute Gasteiger partial charge is 0.261 e. The Morgan fingerprint density at radius 1 is 1.13 bits per heavy atom. The number of hydrogen-bond donors (Lipinski definition) is 1. The number of carbonyl (C=O) groups is 2. The molecule has 0 radical (unpaired) electrons. The molecule has 0 aliphatic rings. The average Bonchev–Trinajstić information content (AvgIpc) is 2.73. The van der Waals surface area contributed by atoms with E-state index >= 15 is 0 Å². The fraction of sp³-hybridized carbons (Fsp3) is 0.417. The van der Waals surface area contributed by atoms with E-state index in [1.54, 1.807) is 18.2 Å². The molecule has 1 N–H and O–H groups in total. The molecule has 0 saturated carbocycles. The van der Waals surface area contributed by atoms with Crippen molar-refractivity contribution in [1.29, 1.82) is 0 Å². The molecule has 0 heterocycles. The van der Waals surface area contributed by atoms with Gasteiger partial charge in [-0.25, -0.2) is 4.39 Å². The first kappa shape index (κ1) is 23.4. The Labute approximate surface area is 178 Å². The normalized spacial score (nSPS) is 11.6. The molecule has 0 aromatic heterocycles. The molecule has 0 fully saturated rings. The quantitative estimate of drug-likeness (QED) is 0.560. The monoisotopic (exact) mass is 414 g/mol. The SMILES string of the molecule is CCCCNC(=O)[C@H](CC)N(Cc1ccc(F)cc1)C(=O)COc1cccc(C)c1. The number of halogens is 1. The van der Waals surface area contributed by atoms with Gasteiger partial charge in [-0.05, 0) is 55.2 Å². The molecule has 2 aromatic carbocycles. The Morgan fingerprint density at radius 2 is 1.87 bits per heavy atom. The van der Waals surface area contributed by atoms with Gasteiger partial charge in [-0.1, -0.05) is 44.5 Å². The molecule has 0 aliphatic carbocycles. The number of unbranched alkanes of at least 4 members (excludes halogenated alkanes) is 1. The number of benzene rings is 2. The molecular formula is C24H31FN2O3. The fourth-order valence-corrected chi connectivity index (χ4v) is 3.15. The summed E-state index contributed by atoms with van der Waals surface area (Å²) in [6.45, 7) is 6.47. The summed E-state index contributed by atoms with van der Waals surface area (Å²) in [6, 6.07) is 12.8. The maximum atomic E-state index is 13.3. The van der Waals surface area contributed by atoms with Crippen molar-refractivity contribution in [3.8, 4) is 5.75 Å². The molecule has 2 amide bonds. The third kappa shape index (κ3) is 7.17. The number of aryl methyl sites for hydroxylation is 1. The summed E-state index contributed by atoms with van der Waals surface area (Å²) in [7, 11) is 0. The van der Waals surface area contributed by atoms with Crippen LogP contribution in [0.2, 0.25) is 0 Å². The summed E-state index contributed by atoms with van der Waals surface area (Å²) in [6.07, 6.45) is 2.32. The Bertz CT molecular complexity index is 823. The Kier molecular flexibility index (Phi) is 9.32. The van der Waals surface area contributed by atoms with Crippen molar-refractivity contribution in [2.75, 3.05) is 13.2 Å². The summed E-state index contributed by atoms with van der Waals surface area (Å²) in [5.41, 5.74) is 1.78. The van der Waals surface area contributed by atoms with Crippen LogP contribution in [0.1, 0.15) is 44.2 Å². The van der Waals surface area contributed by atoms with Crippen LogP contribution in [0.3, 0.4) is 0 Å². The number of rotatable bonds is 11. The van der Waals surface area contributed by atoms with Crippen molar-refractivity contribution in [1.82, 2.24) is 10.2 Å². The molecule has 5 nitrogen and oxygen atoms in total. The van der Waals surface area contributed by atoms with Gasteiger partial charge in [0.25, 0.3) is 5.91 Å². The van der Waals surface area contributed by atoms with Gasteiger partial charge in [0.05, 0.1) is 0 Å². The van der Waals surface area contributed by atoms with E-state index in [1.807, 2.05) is 32.0 Å². The zero-order valence-corrected chi connectivity index (χ0v) is 18.0. The minimum absolute atomic E-state index is 0.177. The molecule has 162 valence electrons. The first-order valence-corrected chi connectivity index (χ1v) is 10.5. The molecule has 30 heavy (non-hydrogen) atoms. The van der Waals surface area contributed by atoms with Gasteiger partial charge in [-0.2, -0.15) is 0 Å². The van der Waals surface area contributed by atoms with Gasteiger partial charge in [0, 0.05) is 13.1 Å². The summed E-state index contributed by atoms with van der Waals surface area (Å²) in [4.78, 5) is 27.3. The van der Waals surface area contributed by atoms with Gasteiger partial charge >= 0.3 is 0 Å². The van der Waals surface area contributed by atoms with Gasteiger partial charge in [0.1, 0.15) is 17.6 Å². The second-order valence-electron chi connectivity index (χ2n) is 7.32. The van der Waals surface area contributed by atoms with Crippen molar-refractivity contribution in [2.45, 2.75) is 52.6 Å². The number of carbonyl (C=O) groups excluding carboxylic acids is 2. The zero-order chi connectivity index (χ0) is 21.9. The zero-order valence-electron chi connectivity index (χ0n) is 18.0. The van der Waals surface area contributed by atoms with Crippen LogP contribution in [0.5, 0.6) is 5.75 Å². The molecule has 0 unspecified atom stereocenters. The maximum Gasteiger partial charge on any atom is 0.261 e. The minimum Gasteiger partial charge on any atom is -0.484 e. The van der Waals surface area contributed by atoms with Gasteiger partial charge in [-0.3, -0.25) is 9.59 Å². The standard InChI is InChI=1S/C24H31FN2O3/c1-4-6-14-26-24(29)22(5-2)27(16-19-10-12-20(25)13-11-19)23(28)17-30-21-9-7-8-18(3)15-21/h7-13,15,22H,4-6,14,16-17H2,1-3H3,(H,26,29)/t22-/m0/s1. The lowest BCUT2D eigenvalue weighted by molar-refractivity contribution is -0.143. The summed E-state index contributed by atoms with van der Waals surface area (Å²) in [5.74, 6) is -0.218. The molecule has 2 aromatic rings. The lowest BCUT2D eigenvalue weighted by Crippen LogP contribution is -2.50. The maximum absolute atomic E-state index is 13.3. The Balaban J connectivity index is 2.16. The third-order valence-electron chi connectivity index (χ3n) is 4.83. The van der Waals surface area contributed by atoms with E-state index in [0.717, 1.165) is 24.0 Å². The second kappa shape index (κ2) is 12.0. The first-order valence-electron chi connectivity index (χ1n) is 10.5. The molecular weight excluding hydrogens is 383 g/mol. The number of nitrogens with zero attached hydrogens (tertiary/aromatic N) is 1. The van der Waals surface area contributed by atoms with Crippen LogP contribution in [-0.2, 0) is 16.1 Å². The van der Waals surface area contributed by atoms with E-state index in [4.69, 9.17) is 4.74 Å². The highest BCUT2D eigenvalue weighted by Gasteiger charge is 2.28. The van der Waals surface area contributed by atoms with Crippen LogP contribution >= 0.6 is 0 Å². The molecule has 2 rings (SSSR count). The lowest BCUT2D eigenvalue weighted by atomic mass is 10.1. The van der Waals surface area contributed by atoms with Gasteiger partial charge in [0.2, 0.25) is 5.91 Å². The number of ether oxygens (including phenoxy) is 1. The highest BCUT2D eigenvalue weighted by Crippen LogP contribution is 2.16.